The molecule has 142 valence electrons. The number of anilines is 2. The van der Waals surface area contributed by atoms with Crippen LogP contribution < -0.4 is 10.2 Å². The molecule has 1 amide bonds. The van der Waals surface area contributed by atoms with E-state index >= 15 is 0 Å². The zero-order chi connectivity index (χ0) is 19.5. The van der Waals surface area contributed by atoms with Gasteiger partial charge in [-0.3, -0.25) is 4.79 Å². The van der Waals surface area contributed by atoms with Crippen LogP contribution in [0.15, 0.2) is 54.9 Å². The zero-order valence-corrected chi connectivity index (χ0v) is 16.3. The summed E-state index contributed by atoms with van der Waals surface area (Å²) in [4.78, 5) is 23.7. The number of benzene rings is 2. The molecule has 2 heterocycles. The molecule has 0 atom stereocenters. The van der Waals surface area contributed by atoms with Gasteiger partial charge in [0.05, 0.1) is 5.69 Å². The van der Waals surface area contributed by atoms with Crippen molar-refractivity contribution in [3.05, 3.63) is 71.5 Å². The maximum Gasteiger partial charge on any atom is 0.255 e. The smallest absolute Gasteiger partial charge is 0.255 e. The molecular weight excluding hydrogens is 348 g/mol. The summed E-state index contributed by atoms with van der Waals surface area (Å²) in [5.41, 5.74) is 5.55. The van der Waals surface area contributed by atoms with E-state index in [1.807, 2.05) is 56.3 Å². The predicted molar refractivity (Wildman–Crippen MR) is 113 cm³/mol. The van der Waals surface area contributed by atoms with E-state index in [1.54, 1.807) is 6.33 Å². The summed E-state index contributed by atoms with van der Waals surface area (Å²) >= 11 is 0. The van der Waals surface area contributed by atoms with Gasteiger partial charge in [0, 0.05) is 36.0 Å². The predicted octanol–water partition coefficient (Wildman–Crippen LogP) is 4.61. The third kappa shape index (κ3) is 3.88. The van der Waals surface area contributed by atoms with Gasteiger partial charge in [0.15, 0.2) is 0 Å². The molecule has 0 spiro atoms. The van der Waals surface area contributed by atoms with Gasteiger partial charge in [-0.15, -0.1) is 0 Å². The lowest BCUT2D eigenvalue weighted by Gasteiger charge is -2.16. The number of rotatable bonds is 4. The van der Waals surface area contributed by atoms with Crippen LogP contribution >= 0.6 is 0 Å². The highest BCUT2D eigenvalue weighted by Gasteiger charge is 2.15. The lowest BCUT2D eigenvalue weighted by Crippen LogP contribution is -2.19. The van der Waals surface area contributed by atoms with Crippen molar-refractivity contribution in [2.75, 3.05) is 23.3 Å². The van der Waals surface area contributed by atoms with E-state index in [0.717, 1.165) is 41.4 Å². The van der Waals surface area contributed by atoms with Crippen molar-refractivity contribution in [1.29, 1.82) is 0 Å². The third-order valence-corrected chi connectivity index (χ3v) is 5.16. The highest BCUT2D eigenvalue weighted by molar-refractivity contribution is 6.04. The summed E-state index contributed by atoms with van der Waals surface area (Å²) in [7, 11) is 0. The first-order chi connectivity index (χ1) is 13.6. The molecule has 1 aliphatic heterocycles. The lowest BCUT2D eigenvalue weighted by atomic mass is 10.1. The summed E-state index contributed by atoms with van der Waals surface area (Å²) in [6, 6.07) is 15.6. The Labute approximate surface area is 165 Å². The van der Waals surface area contributed by atoms with Crippen molar-refractivity contribution in [1.82, 2.24) is 9.97 Å². The van der Waals surface area contributed by atoms with Crippen LogP contribution in [0.4, 0.5) is 11.5 Å². The van der Waals surface area contributed by atoms with Crippen LogP contribution in [-0.4, -0.2) is 29.0 Å². The van der Waals surface area contributed by atoms with E-state index in [0.29, 0.717) is 5.56 Å². The van der Waals surface area contributed by atoms with Gasteiger partial charge in [-0.25, -0.2) is 9.97 Å². The van der Waals surface area contributed by atoms with E-state index in [4.69, 9.17) is 0 Å². The van der Waals surface area contributed by atoms with Crippen molar-refractivity contribution < 1.29 is 4.79 Å². The number of hydrogen-bond donors (Lipinski definition) is 1. The molecule has 0 bridgehead atoms. The second-order valence-electron chi connectivity index (χ2n) is 7.31. The average Bonchev–Trinajstić information content (AvgIpc) is 3.25. The molecule has 0 unspecified atom stereocenters. The summed E-state index contributed by atoms with van der Waals surface area (Å²) in [6.07, 6.45) is 4.04. The molecular formula is C23H24N4O. The van der Waals surface area contributed by atoms with Crippen molar-refractivity contribution in [3.8, 4) is 11.3 Å². The molecule has 0 radical (unpaired) electrons. The van der Waals surface area contributed by atoms with Gasteiger partial charge in [-0.2, -0.15) is 0 Å². The molecule has 1 fully saturated rings. The van der Waals surface area contributed by atoms with Gasteiger partial charge in [0.25, 0.3) is 5.91 Å². The average molecular weight is 372 g/mol. The second-order valence-corrected chi connectivity index (χ2v) is 7.31. The van der Waals surface area contributed by atoms with Gasteiger partial charge < -0.3 is 10.2 Å². The van der Waals surface area contributed by atoms with E-state index in [9.17, 15) is 4.79 Å². The molecule has 1 saturated heterocycles. The highest BCUT2D eigenvalue weighted by atomic mass is 16.1. The molecule has 5 heteroatoms. The van der Waals surface area contributed by atoms with Gasteiger partial charge >= 0.3 is 0 Å². The monoisotopic (exact) mass is 372 g/mol. The summed E-state index contributed by atoms with van der Waals surface area (Å²) in [5.74, 6) is 0.859. The number of nitrogens with one attached hydrogen (secondary N) is 1. The minimum absolute atomic E-state index is 0.112. The number of aromatic nitrogens is 2. The molecule has 4 rings (SSSR count). The molecule has 5 nitrogen and oxygen atoms in total. The van der Waals surface area contributed by atoms with Crippen molar-refractivity contribution in [2.45, 2.75) is 26.7 Å². The first-order valence-corrected chi connectivity index (χ1v) is 9.66. The van der Waals surface area contributed by atoms with Gasteiger partial charge in [0.2, 0.25) is 0 Å². The van der Waals surface area contributed by atoms with Crippen molar-refractivity contribution in [2.24, 2.45) is 0 Å². The lowest BCUT2D eigenvalue weighted by molar-refractivity contribution is 0.102. The Balaban J connectivity index is 1.50. The van der Waals surface area contributed by atoms with Crippen molar-refractivity contribution in [3.63, 3.8) is 0 Å². The Bertz CT molecular complexity index is 992. The van der Waals surface area contributed by atoms with Crippen LogP contribution in [0, 0.1) is 13.8 Å². The number of aryl methyl sites for hydroxylation is 2. The number of nitrogens with zero attached hydrogens (tertiary/aromatic N) is 3. The van der Waals surface area contributed by atoms with Gasteiger partial charge in [-0.1, -0.05) is 29.8 Å². The van der Waals surface area contributed by atoms with Crippen LogP contribution in [0.1, 0.15) is 34.3 Å². The molecule has 1 aliphatic rings. The minimum Gasteiger partial charge on any atom is -0.357 e. The van der Waals surface area contributed by atoms with E-state index in [1.165, 1.54) is 18.4 Å². The topological polar surface area (TPSA) is 58.1 Å². The van der Waals surface area contributed by atoms with Crippen LogP contribution in [0.3, 0.4) is 0 Å². The van der Waals surface area contributed by atoms with E-state index in [-0.39, 0.29) is 5.91 Å². The molecule has 3 aromatic rings. The third-order valence-electron chi connectivity index (χ3n) is 5.16. The van der Waals surface area contributed by atoms with Crippen LogP contribution in [0.5, 0.6) is 0 Å². The molecule has 0 aliphatic carbocycles. The Morgan fingerprint density at radius 3 is 2.43 bits per heavy atom. The largest absolute Gasteiger partial charge is 0.357 e. The number of hydrogen-bond acceptors (Lipinski definition) is 4. The molecule has 2 aromatic carbocycles. The standard InChI is InChI=1S/C23H24N4O/c1-16-5-10-20(17(2)13-16)26-23(28)19-8-6-18(7-9-19)21-14-22(25-15-24-21)27-11-3-4-12-27/h5-10,13-15H,3-4,11-12H2,1-2H3,(H,26,28). The number of carbonyl (C=O) groups is 1. The molecule has 28 heavy (non-hydrogen) atoms. The Morgan fingerprint density at radius 1 is 0.964 bits per heavy atom. The molecule has 1 N–H and O–H groups in total. The maximum atomic E-state index is 12.6. The quantitative estimate of drug-likeness (QED) is 0.726. The highest BCUT2D eigenvalue weighted by Crippen LogP contribution is 2.24. The van der Waals surface area contributed by atoms with Crippen LogP contribution in [0.2, 0.25) is 0 Å². The number of amides is 1. The summed E-state index contributed by atoms with van der Waals surface area (Å²) < 4.78 is 0. The van der Waals surface area contributed by atoms with Crippen LogP contribution in [-0.2, 0) is 0 Å². The summed E-state index contributed by atoms with van der Waals surface area (Å²) in [5, 5.41) is 2.99. The maximum absolute atomic E-state index is 12.6. The number of carbonyl (C=O) groups excluding carboxylic acids is 1. The first kappa shape index (κ1) is 18.2. The van der Waals surface area contributed by atoms with E-state index in [2.05, 4.69) is 26.3 Å². The molecule has 1 aromatic heterocycles. The zero-order valence-electron chi connectivity index (χ0n) is 16.3. The Hall–Kier alpha value is -3.21. The van der Waals surface area contributed by atoms with Crippen molar-refractivity contribution >= 4 is 17.4 Å². The fraction of sp³-hybridized carbons (Fsp3) is 0.261. The second kappa shape index (κ2) is 7.80. The fourth-order valence-corrected chi connectivity index (χ4v) is 3.56. The normalized spacial score (nSPS) is 13.6. The Kier molecular flexibility index (Phi) is 5.06. The SMILES string of the molecule is Cc1ccc(NC(=O)c2ccc(-c3cc(N4CCCC4)ncn3)cc2)c(C)c1. The summed E-state index contributed by atoms with van der Waals surface area (Å²) in [6.45, 7) is 6.14. The van der Waals surface area contributed by atoms with E-state index < -0.39 is 0 Å². The Morgan fingerprint density at radius 2 is 1.71 bits per heavy atom. The molecule has 0 saturated carbocycles. The van der Waals surface area contributed by atoms with Crippen LogP contribution in [0.25, 0.3) is 11.3 Å². The van der Waals surface area contributed by atoms with Gasteiger partial charge in [0.1, 0.15) is 12.1 Å². The minimum atomic E-state index is -0.112. The fourth-order valence-electron chi connectivity index (χ4n) is 3.56. The first-order valence-electron chi connectivity index (χ1n) is 9.66. The van der Waals surface area contributed by atoms with Gasteiger partial charge in [-0.05, 0) is 50.5 Å².